The molecule has 1 aliphatic carbocycles. The predicted octanol–water partition coefficient (Wildman–Crippen LogP) is 2.17. The molecular weight excluding hydrogens is 448 g/mol. The van der Waals surface area contributed by atoms with Gasteiger partial charge in [-0.15, -0.1) is 0 Å². The van der Waals surface area contributed by atoms with Crippen LogP contribution >= 0.6 is 0 Å². The number of carbonyl (C=O) groups is 4. The van der Waals surface area contributed by atoms with Crippen molar-refractivity contribution < 1.29 is 19.2 Å². The number of aromatic nitrogens is 2. The van der Waals surface area contributed by atoms with Crippen LogP contribution in [0, 0.1) is 12.8 Å². The standard InChI is InChI=1S/C25H26N6O4/c1-15-26-9-10-31(15)20-4-2-3-19(12-20)27-25(35)29-23(33)16-5-6-17-13-30(14-18(17)11-16)21-7-8-22(32)28-24(21)34/h2-5,9-10,12-13,18,21H,6-8,11,14H2,1H3,(H,28,32,34)(H2,27,29,33,35). The summed E-state index contributed by atoms with van der Waals surface area (Å²) in [7, 11) is 0. The van der Waals surface area contributed by atoms with Gasteiger partial charge in [0.15, 0.2) is 0 Å². The van der Waals surface area contributed by atoms with E-state index < -0.39 is 11.9 Å². The topological polar surface area (TPSA) is 125 Å². The first-order valence-corrected chi connectivity index (χ1v) is 11.6. The number of imide groups is 2. The van der Waals surface area contributed by atoms with E-state index in [1.54, 1.807) is 18.3 Å². The van der Waals surface area contributed by atoms with Gasteiger partial charge in [0, 0.05) is 48.2 Å². The van der Waals surface area contributed by atoms with Crippen molar-refractivity contribution in [3.05, 3.63) is 65.9 Å². The molecule has 35 heavy (non-hydrogen) atoms. The summed E-state index contributed by atoms with van der Waals surface area (Å²) in [6.45, 7) is 2.50. The molecule has 3 aliphatic rings. The molecular formula is C25H26N6O4. The molecule has 2 unspecified atom stereocenters. The Balaban J connectivity index is 1.17. The lowest BCUT2D eigenvalue weighted by atomic mass is 9.86. The lowest BCUT2D eigenvalue weighted by Gasteiger charge is -2.30. The van der Waals surface area contributed by atoms with Crippen molar-refractivity contribution in [2.75, 3.05) is 11.9 Å². The lowest BCUT2D eigenvalue weighted by molar-refractivity contribution is -0.136. The highest BCUT2D eigenvalue weighted by Crippen LogP contribution is 2.36. The summed E-state index contributed by atoms with van der Waals surface area (Å²) in [4.78, 5) is 55.1. The second-order valence-corrected chi connectivity index (χ2v) is 9.01. The molecule has 2 atom stereocenters. The summed E-state index contributed by atoms with van der Waals surface area (Å²) < 4.78 is 1.89. The number of rotatable bonds is 4. The van der Waals surface area contributed by atoms with Gasteiger partial charge in [-0.25, -0.2) is 9.78 Å². The first-order valence-electron chi connectivity index (χ1n) is 11.6. The first-order chi connectivity index (χ1) is 16.9. The van der Waals surface area contributed by atoms with Crippen LogP contribution in [-0.2, 0) is 14.4 Å². The Hall–Kier alpha value is -4.21. The molecule has 0 bridgehead atoms. The van der Waals surface area contributed by atoms with E-state index in [0.717, 1.165) is 17.1 Å². The lowest BCUT2D eigenvalue weighted by Crippen LogP contribution is -2.50. The van der Waals surface area contributed by atoms with E-state index in [4.69, 9.17) is 0 Å². The third-order valence-electron chi connectivity index (χ3n) is 6.67. The smallest absolute Gasteiger partial charge is 0.326 e. The number of anilines is 1. The average molecular weight is 475 g/mol. The van der Waals surface area contributed by atoms with E-state index in [9.17, 15) is 19.2 Å². The van der Waals surface area contributed by atoms with Crippen LogP contribution in [0.3, 0.4) is 0 Å². The van der Waals surface area contributed by atoms with Gasteiger partial charge in [0.2, 0.25) is 11.8 Å². The van der Waals surface area contributed by atoms with Crippen molar-refractivity contribution in [1.82, 2.24) is 25.1 Å². The third-order valence-corrected chi connectivity index (χ3v) is 6.67. The molecule has 3 N–H and O–H groups in total. The molecule has 3 heterocycles. The SMILES string of the molecule is Cc1nccn1-c1cccc(NC(=O)NC(=O)C2=CCC3=CN(C4CCC(=O)NC4=O)CC3C2)c1. The number of carbonyl (C=O) groups excluding carboxylic acids is 4. The van der Waals surface area contributed by atoms with Crippen LogP contribution in [0.1, 0.15) is 31.5 Å². The molecule has 10 heteroatoms. The highest BCUT2D eigenvalue weighted by Gasteiger charge is 2.37. The number of hydrogen-bond donors (Lipinski definition) is 3. The molecule has 0 saturated carbocycles. The van der Waals surface area contributed by atoms with Crippen LogP contribution in [0.4, 0.5) is 10.5 Å². The van der Waals surface area contributed by atoms with Gasteiger partial charge < -0.3 is 14.8 Å². The molecule has 10 nitrogen and oxygen atoms in total. The first kappa shape index (κ1) is 22.6. The van der Waals surface area contributed by atoms with E-state index in [-0.39, 0.29) is 23.8 Å². The molecule has 1 fully saturated rings. The molecule has 0 spiro atoms. The normalized spacial score (nSPS) is 21.6. The van der Waals surface area contributed by atoms with Crippen LogP contribution in [-0.4, -0.2) is 50.8 Å². The second kappa shape index (κ2) is 9.21. The molecule has 0 radical (unpaired) electrons. The van der Waals surface area contributed by atoms with Crippen molar-refractivity contribution in [3.63, 3.8) is 0 Å². The Morgan fingerprint density at radius 1 is 1.23 bits per heavy atom. The zero-order valence-corrected chi connectivity index (χ0v) is 19.3. The largest absolute Gasteiger partial charge is 0.365 e. The Morgan fingerprint density at radius 2 is 2.09 bits per heavy atom. The van der Waals surface area contributed by atoms with E-state index in [2.05, 4.69) is 20.9 Å². The molecule has 2 aromatic rings. The van der Waals surface area contributed by atoms with Crippen molar-refractivity contribution in [3.8, 4) is 5.69 Å². The van der Waals surface area contributed by atoms with E-state index in [0.29, 0.717) is 43.5 Å². The molecule has 2 aliphatic heterocycles. The van der Waals surface area contributed by atoms with Gasteiger partial charge in [0.25, 0.3) is 5.91 Å². The Bertz CT molecular complexity index is 1280. The van der Waals surface area contributed by atoms with Gasteiger partial charge in [0.05, 0.1) is 0 Å². The fourth-order valence-electron chi connectivity index (χ4n) is 4.88. The maximum absolute atomic E-state index is 12.8. The number of imidazole rings is 1. The second-order valence-electron chi connectivity index (χ2n) is 9.01. The van der Waals surface area contributed by atoms with Gasteiger partial charge >= 0.3 is 6.03 Å². The summed E-state index contributed by atoms with van der Waals surface area (Å²) in [5, 5.41) is 7.53. The fraction of sp³-hybridized carbons (Fsp3) is 0.320. The van der Waals surface area contributed by atoms with E-state index in [1.165, 1.54) is 0 Å². The van der Waals surface area contributed by atoms with Gasteiger partial charge in [0.1, 0.15) is 11.9 Å². The minimum Gasteiger partial charge on any atom is -0.365 e. The maximum atomic E-state index is 12.8. The van der Waals surface area contributed by atoms with Crippen molar-refractivity contribution >= 4 is 29.4 Å². The maximum Gasteiger partial charge on any atom is 0.326 e. The van der Waals surface area contributed by atoms with Gasteiger partial charge in [-0.2, -0.15) is 0 Å². The minimum absolute atomic E-state index is 0.101. The summed E-state index contributed by atoms with van der Waals surface area (Å²) >= 11 is 0. The number of hydrogen-bond acceptors (Lipinski definition) is 6. The quantitative estimate of drug-likeness (QED) is 0.583. The zero-order chi connectivity index (χ0) is 24.5. The third kappa shape index (κ3) is 4.72. The molecule has 180 valence electrons. The average Bonchev–Trinajstić information content (AvgIpc) is 3.44. The number of fused-ring (bicyclic) bond motifs is 1. The monoisotopic (exact) mass is 474 g/mol. The highest BCUT2D eigenvalue weighted by molar-refractivity contribution is 6.07. The van der Waals surface area contributed by atoms with Gasteiger partial charge in [-0.3, -0.25) is 25.0 Å². The van der Waals surface area contributed by atoms with Crippen LogP contribution < -0.4 is 16.0 Å². The van der Waals surface area contributed by atoms with Crippen molar-refractivity contribution in [2.24, 2.45) is 5.92 Å². The highest BCUT2D eigenvalue weighted by atomic mass is 16.2. The Kier molecular flexibility index (Phi) is 5.94. The summed E-state index contributed by atoms with van der Waals surface area (Å²) in [5.74, 6) is -0.0147. The van der Waals surface area contributed by atoms with Gasteiger partial charge in [-0.05, 0) is 56.2 Å². The zero-order valence-electron chi connectivity index (χ0n) is 19.3. The number of nitrogens with zero attached hydrogens (tertiary/aromatic N) is 3. The molecule has 5 rings (SSSR count). The summed E-state index contributed by atoms with van der Waals surface area (Å²) in [6, 6.07) is 6.30. The molecule has 1 aromatic heterocycles. The minimum atomic E-state index is -0.603. The number of benzene rings is 1. The number of urea groups is 1. The summed E-state index contributed by atoms with van der Waals surface area (Å²) in [6.07, 6.45) is 9.25. The van der Waals surface area contributed by atoms with E-state index in [1.807, 2.05) is 47.0 Å². The van der Waals surface area contributed by atoms with Crippen LogP contribution in [0.5, 0.6) is 0 Å². The molecule has 5 amide bonds. The van der Waals surface area contributed by atoms with E-state index >= 15 is 0 Å². The van der Waals surface area contributed by atoms with Crippen molar-refractivity contribution in [1.29, 1.82) is 0 Å². The molecule has 1 aromatic carbocycles. The Morgan fingerprint density at radius 3 is 2.86 bits per heavy atom. The van der Waals surface area contributed by atoms with Crippen LogP contribution in [0.25, 0.3) is 5.69 Å². The van der Waals surface area contributed by atoms with Gasteiger partial charge in [-0.1, -0.05) is 12.1 Å². The summed E-state index contributed by atoms with van der Waals surface area (Å²) in [5.41, 5.74) is 3.11. The van der Waals surface area contributed by atoms with Crippen LogP contribution in [0.2, 0.25) is 0 Å². The molecule has 1 saturated heterocycles. The number of piperidine rings is 1. The van der Waals surface area contributed by atoms with Crippen LogP contribution in [0.15, 0.2) is 60.1 Å². The van der Waals surface area contributed by atoms with Crippen molar-refractivity contribution in [2.45, 2.75) is 38.6 Å². The number of allylic oxidation sites excluding steroid dienone is 1. The Labute approximate surface area is 202 Å². The number of nitrogens with one attached hydrogen (secondary N) is 3. The predicted molar refractivity (Wildman–Crippen MR) is 127 cm³/mol. The fourth-order valence-corrected chi connectivity index (χ4v) is 4.88. The number of aryl methyl sites for hydroxylation is 1. The number of amides is 5.